The number of fused-ring (bicyclic) bond motifs is 1. The third kappa shape index (κ3) is 2.16. The number of aromatic nitrogens is 1. The van der Waals surface area contributed by atoms with Crippen molar-refractivity contribution in [1.29, 1.82) is 0 Å². The molecule has 4 nitrogen and oxygen atoms in total. The van der Waals surface area contributed by atoms with Gasteiger partial charge in [0.1, 0.15) is 4.60 Å². The minimum Gasteiger partial charge on any atom is -0.474 e. The van der Waals surface area contributed by atoms with Crippen LogP contribution in [0.5, 0.6) is 5.75 Å². The Morgan fingerprint density at radius 3 is 2.82 bits per heavy atom. The summed E-state index contributed by atoms with van der Waals surface area (Å²) in [6, 6.07) is 3.65. The van der Waals surface area contributed by atoms with Crippen molar-refractivity contribution < 1.29 is 9.53 Å². The second-order valence-electron chi connectivity index (χ2n) is 4.52. The molecule has 5 heteroatoms. The number of rotatable bonds is 2. The van der Waals surface area contributed by atoms with Crippen molar-refractivity contribution in [2.24, 2.45) is 0 Å². The Morgan fingerprint density at radius 2 is 2.18 bits per heavy atom. The Bertz CT molecular complexity index is 460. The summed E-state index contributed by atoms with van der Waals surface area (Å²) in [7, 11) is 0. The number of pyridine rings is 1. The van der Waals surface area contributed by atoms with Gasteiger partial charge in [-0.05, 0) is 48.3 Å². The smallest absolute Gasteiger partial charge is 0.271 e. The van der Waals surface area contributed by atoms with Crippen LogP contribution in [0.4, 0.5) is 5.82 Å². The number of anilines is 1. The Labute approximate surface area is 109 Å². The Morgan fingerprint density at radius 1 is 1.47 bits per heavy atom. The van der Waals surface area contributed by atoms with Crippen LogP contribution < -0.4 is 9.64 Å². The summed E-state index contributed by atoms with van der Waals surface area (Å²) < 4.78 is 6.39. The Balaban J connectivity index is 2.51. The standard InChI is InChI=1S/C12H15BrN2O2/c1-4-7-15-10-8(5-6-9(13)14-10)17-12(2,3)11(15)16/h5-6H,4,7H2,1-3H3. The largest absolute Gasteiger partial charge is 0.474 e. The highest BCUT2D eigenvalue weighted by atomic mass is 79.9. The zero-order chi connectivity index (χ0) is 12.6. The molecule has 0 saturated heterocycles. The highest BCUT2D eigenvalue weighted by molar-refractivity contribution is 9.10. The van der Waals surface area contributed by atoms with Crippen LogP contribution in [0.25, 0.3) is 0 Å². The molecular weight excluding hydrogens is 284 g/mol. The molecule has 1 aromatic heterocycles. The lowest BCUT2D eigenvalue weighted by Crippen LogP contribution is -2.53. The fourth-order valence-corrected chi connectivity index (χ4v) is 2.16. The maximum atomic E-state index is 12.3. The molecule has 0 atom stereocenters. The van der Waals surface area contributed by atoms with E-state index in [9.17, 15) is 4.79 Å². The van der Waals surface area contributed by atoms with E-state index in [0.717, 1.165) is 6.42 Å². The molecule has 1 amide bonds. The van der Waals surface area contributed by atoms with Gasteiger partial charge in [0.05, 0.1) is 0 Å². The topological polar surface area (TPSA) is 42.4 Å². The van der Waals surface area contributed by atoms with Crippen LogP contribution in [0.3, 0.4) is 0 Å². The van der Waals surface area contributed by atoms with Crippen molar-refractivity contribution in [3.63, 3.8) is 0 Å². The Hall–Kier alpha value is -1.10. The van der Waals surface area contributed by atoms with Gasteiger partial charge in [0, 0.05) is 6.54 Å². The van der Waals surface area contributed by atoms with Crippen molar-refractivity contribution in [1.82, 2.24) is 4.98 Å². The third-order valence-corrected chi connectivity index (χ3v) is 3.08. The van der Waals surface area contributed by atoms with Crippen molar-refractivity contribution in [2.45, 2.75) is 32.8 Å². The number of amides is 1. The van der Waals surface area contributed by atoms with E-state index in [1.807, 2.05) is 19.1 Å². The lowest BCUT2D eigenvalue weighted by molar-refractivity contribution is -0.132. The number of carbonyl (C=O) groups is 1. The number of hydrogen-bond acceptors (Lipinski definition) is 3. The van der Waals surface area contributed by atoms with Gasteiger partial charge < -0.3 is 4.74 Å². The summed E-state index contributed by atoms with van der Waals surface area (Å²) in [6.45, 7) is 6.25. The highest BCUT2D eigenvalue weighted by Crippen LogP contribution is 2.37. The number of hydrogen-bond donors (Lipinski definition) is 0. The van der Waals surface area contributed by atoms with Gasteiger partial charge in [-0.2, -0.15) is 0 Å². The summed E-state index contributed by atoms with van der Waals surface area (Å²) in [5, 5.41) is 0. The van der Waals surface area contributed by atoms with Gasteiger partial charge in [0.25, 0.3) is 5.91 Å². The average molecular weight is 299 g/mol. The van der Waals surface area contributed by atoms with Crippen molar-refractivity contribution >= 4 is 27.7 Å². The van der Waals surface area contributed by atoms with E-state index in [4.69, 9.17) is 4.74 Å². The fourth-order valence-electron chi connectivity index (χ4n) is 1.86. The van der Waals surface area contributed by atoms with Gasteiger partial charge in [-0.3, -0.25) is 9.69 Å². The van der Waals surface area contributed by atoms with E-state index >= 15 is 0 Å². The van der Waals surface area contributed by atoms with E-state index in [1.54, 1.807) is 18.7 Å². The van der Waals surface area contributed by atoms with Gasteiger partial charge in [0.2, 0.25) is 0 Å². The molecule has 1 aliphatic heterocycles. The van der Waals surface area contributed by atoms with Crippen LogP contribution >= 0.6 is 15.9 Å². The summed E-state index contributed by atoms with van der Waals surface area (Å²) in [5.74, 6) is 1.22. The monoisotopic (exact) mass is 298 g/mol. The first-order chi connectivity index (χ1) is 7.95. The molecule has 0 saturated carbocycles. The molecule has 1 aliphatic rings. The average Bonchev–Trinajstić information content (AvgIpc) is 2.26. The normalized spacial score (nSPS) is 17.6. The SMILES string of the molecule is CCCN1C(=O)C(C)(C)Oc2ccc(Br)nc21. The van der Waals surface area contributed by atoms with Crippen molar-refractivity contribution in [2.75, 3.05) is 11.4 Å². The number of carbonyl (C=O) groups excluding carboxylic acids is 1. The predicted octanol–water partition coefficient (Wildman–Crippen LogP) is 2.76. The molecule has 17 heavy (non-hydrogen) atoms. The van der Waals surface area contributed by atoms with E-state index in [-0.39, 0.29) is 5.91 Å². The van der Waals surface area contributed by atoms with Crippen LogP contribution in [0, 0.1) is 0 Å². The number of ether oxygens (including phenoxy) is 1. The molecule has 0 radical (unpaired) electrons. The number of nitrogens with zero attached hydrogens (tertiary/aromatic N) is 2. The third-order valence-electron chi connectivity index (χ3n) is 2.63. The highest BCUT2D eigenvalue weighted by Gasteiger charge is 2.41. The first-order valence-electron chi connectivity index (χ1n) is 5.63. The fraction of sp³-hybridized carbons (Fsp3) is 0.500. The van der Waals surface area contributed by atoms with Gasteiger partial charge in [-0.15, -0.1) is 0 Å². The molecule has 0 aliphatic carbocycles. The molecule has 0 bridgehead atoms. The number of halogens is 1. The summed E-state index contributed by atoms with van der Waals surface area (Å²) in [4.78, 5) is 18.3. The van der Waals surface area contributed by atoms with Crippen LogP contribution in [0.1, 0.15) is 27.2 Å². The summed E-state index contributed by atoms with van der Waals surface area (Å²) in [5.41, 5.74) is -0.822. The zero-order valence-corrected chi connectivity index (χ0v) is 11.7. The molecule has 0 unspecified atom stereocenters. The van der Waals surface area contributed by atoms with Gasteiger partial charge in [0.15, 0.2) is 17.2 Å². The summed E-state index contributed by atoms with van der Waals surface area (Å²) >= 11 is 3.31. The molecule has 92 valence electrons. The zero-order valence-electron chi connectivity index (χ0n) is 10.2. The molecule has 0 spiro atoms. The van der Waals surface area contributed by atoms with Crippen LogP contribution in [0.15, 0.2) is 16.7 Å². The van der Waals surface area contributed by atoms with E-state index in [0.29, 0.717) is 22.7 Å². The first kappa shape index (κ1) is 12.4. The van der Waals surface area contributed by atoms with E-state index < -0.39 is 5.60 Å². The Kier molecular flexibility index (Phi) is 3.12. The van der Waals surface area contributed by atoms with Gasteiger partial charge >= 0.3 is 0 Å². The molecule has 0 N–H and O–H groups in total. The maximum absolute atomic E-state index is 12.3. The maximum Gasteiger partial charge on any atom is 0.271 e. The minimum absolute atomic E-state index is 0.0440. The van der Waals surface area contributed by atoms with Crippen LogP contribution in [-0.2, 0) is 4.79 Å². The minimum atomic E-state index is -0.822. The molecular formula is C12H15BrN2O2. The van der Waals surface area contributed by atoms with E-state index in [1.165, 1.54) is 0 Å². The van der Waals surface area contributed by atoms with Gasteiger partial charge in [-0.25, -0.2) is 4.98 Å². The lowest BCUT2D eigenvalue weighted by Gasteiger charge is -2.37. The quantitative estimate of drug-likeness (QED) is 0.789. The predicted molar refractivity (Wildman–Crippen MR) is 69.3 cm³/mol. The van der Waals surface area contributed by atoms with Gasteiger partial charge in [-0.1, -0.05) is 6.92 Å². The van der Waals surface area contributed by atoms with Crippen molar-refractivity contribution in [3.05, 3.63) is 16.7 Å². The first-order valence-corrected chi connectivity index (χ1v) is 6.42. The van der Waals surface area contributed by atoms with Crippen molar-refractivity contribution in [3.8, 4) is 5.75 Å². The second-order valence-corrected chi connectivity index (χ2v) is 5.34. The molecule has 0 aromatic carbocycles. The molecule has 1 aromatic rings. The summed E-state index contributed by atoms with van der Waals surface area (Å²) in [6.07, 6.45) is 0.884. The molecule has 0 fully saturated rings. The second kappa shape index (κ2) is 4.29. The van der Waals surface area contributed by atoms with E-state index in [2.05, 4.69) is 20.9 Å². The van der Waals surface area contributed by atoms with Crippen LogP contribution in [0.2, 0.25) is 0 Å². The molecule has 2 heterocycles. The molecule has 2 rings (SSSR count). The lowest BCUT2D eigenvalue weighted by atomic mass is 10.1. The van der Waals surface area contributed by atoms with Crippen LogP contribution in [-0.4, -0.2) is 23.0 Å².